The largest absolute Gasteiger partial charge is 0.395 e. The van der Waals surface area contributed by atoms with Gasteiger partial charge in [0.05, 0.1) is 18.5 Å². The number of aliphatic hydroxyl groups is 1. The highest BCUT2D eigenvalue weighted by molar-refractivity contribution is 5.77. The Morgan fingerprint density at radius 2 is 2.05 bits per heavy atom. The Labute approximate surface area is 115 Å². The van der Waals surface area contributed by atoms with Crippen LogP contribution in [0, 0.1) is 6.92 Å². The topological polar surface area (TPSA) is 70.9 Å². The lowest BCUT2D eigenvalue weighted by molar-refractivity contribution is 0.274. The fourth-order valence-corrected chi connectivity index (χ4v) is 2.35. The van der Waals surface area contributed by atoms with Gasteiger partial charge in [0, 0.05) is 11.3 Å². The zero-order chi connectivity index (χ0) is 14.1. The van der Waals surface area contributed by atoms with Crippen molar-refractivity contribution in [2.24, 2.45) is 0 Å². The molecule has 0 aliphatic rings. The van der Waals surface area contributed by atoms with Gasteiger partial charge in [0.2, 0.25) is 0 Å². The van der Waals surface area contributed by atoms with Crippen molar-refractivity contribution in [3.8, 4) is 11.4 Å². The van der Waals surface area contributed by atoms with Gasteiger partial charge in [-0.15, -0.1) is 0 Å². The molecule has 2 N–H and O–H groups in total. The van der Waals surface area contributed by atoms with Crippen molar-refractivity contribution in [3.05, 3.63) is 52.4 Å². The van der Waals surface area contributed by atoms with Crippen LogP contribution >= 0.6 is 0 Å². The van der Waals surface area contributed by atoms with Crippen molar-refractivity contribution in [2.75, 3.05) is 6.61 Å². The predicted molar refractivity (Wildman–Crippen MR) is 77.6 cm³/mol. The number of fused-ring (bicyclic) bond motifs is 1. The third-order valence-corrected chi connectivity index (χ3v) is 3.24. The van der Waals surface area contributed by atoms with Crippen LogP contribution < -0.4 is 5.56 Å². The highest BCUT2D eigenvalue weighted by atomic mass is 16.3. The van der Waals surface area contributed by atoms with Crippen LogP contribution in [0.1, 0.15) is 5.69 Å². The Hall–Kier alpha value is -2.40. The molecule has 0 aliphatic carbocycles. The number of aryl methyl sites for hydroxylation is 1. The molecule has 3 aromatic rings. The molecular weight excluding hydrogens is 254 g/mol. The molecule has 5 heteroatoms. The quantitative estimate of drug-likeness (QED) is 0.760. The highest BCUT2D eigenvalue weighted by Gasteiger charge is 2.13. The van der Waals surface area contributed by atoms with Crippen LogP contribution in [-0.2, 0) is 6.54 Å². The van der Waals surface area contributed by atoms with Crippen molar-refractivity contribution in [3.63, 3.8) is 0 Å². The molecule has 0 aliphatic heterocycles. The second-order valence-corrected chi connectivity index (χ2v) is 4.70. The van der Waals surface area contributed by atoms with Crippen molar-refractivity contribution < 1.29 is 5.11 Å². The molecule has 0 spiro atoms. The normalized spacial score (nSPS) is 11.1. The molecule has 2 aromatic heterocycles. The van der Waals surface area contributed by atoms with Gasteiger partial charge >= 0.3 is 0 Å². The summed E-state index contributed by atoms with van der Waals surface area (Å²) >= 11 is 0. The lowest BCUT2D eigenvalue weighted by atomic mass is 10.2. The Morgan fingerprint density at radius 3 is 2.75 bits per heavy atom. The van der Waals surface area contributed by atoms with Crippen LogP contribution in [-0.4, -0.2) is 26.2 Å². The average Bonchev–Trinajstić information content (AvgIpc) is 2.84. The molecule has 0 fully saturated rings. The summed E-state index contributed by atoms with van der Waals surface area (Å²) in [5.41, 5.74) is 2.20. The number of nitrogens with one attached hydrogen (secondary N) is 1. The van der Waals surface area contributed by atoms with Crippen molar-refractivity contribution in [1.29, 1.82) is 0 Å². The first-order valence-corrected chi connectivity index (χ1v) is 6.47. The molecule has 0 saturated carbocycles. The van der Waals surface area contributed by atoms with Gasteiger partial charge in [-0.3, -0.25) is 9.36 Å². The number of aliphatic hydroxyl groups excluding tert-OH is 1. The first-order valence-electron chi connectivity index (χ1n) is 6.47. The fraction of sp³-hybridized carbons (Fsp3) is 0.200. The first-order chi connectivity index (χ1) is 9.70. The fourth-order valence-electron chi connectivity index (χ4n) is 2.35. The summed E-state index contributed by atoms with van der Waals surface area (Å²) in [5, 5.41) is 9.75. The Bertz CT molecular complexity index is 803. The number of aromatic amines is 1. The van der Waals surface area contributed by atoms with Gasteiger partial charge < -0.3 is 10.1 Å². The van der Waals surface area contributed by atoms with Gasteiger partial charge in [-0.25, -0.2) is 4.98 Å². The number of rotatable bonds is 3. The number of hydrogen-bond acceptors (Lipinski definition) is 3. The summed E-state index contributed by atoms with van der Waals surface area (Å²) in [5.74, 6) is 0.569. The summed E-state index contributed by atoms with van der Waals surface area (Å²) < 4.78 is 1.52. The van der Waals surface area contributed by atoms with Gasteiger partial charge in [0.1, 0.15) is 11.5 Å². The van der Waals surface area contributed by atoms with Crippen LogP contribution in [0.4, 0.5) is 0 Å². The molecule has 102 valence electrons. The van der Waals surface area contributed by atoms with Gasteiger partial charge in [-0.05, 0) is 13.0 Å². The van der Waals surface area contributed by atoms with E-state index in [1.165, 1.54) is 4.57 Å². The van der Waals surface area contributed by atoms with Crippen LogP contribution in [0.2, 0.25) is 0 Å². The van der Waals surface area contributed by atoms with Gasteiger partial charge in [0.25, 0.3) is 5.56 Å². The van der Waals surface area contributed by atoms with Crippen LogP contribution in [0.5, 0.6) is 0 Å². The summed E-state index contributed by atoms with van der Waals surface area (Å²) in [6.45, 7) is 2.02. The number of aromatic nitrogens is 3. The Balaban J connectivity index is 2.34. The van der Waals surface area contributed by atoms with Crippen molar-refractivity contribution >= 4 is 11.0 Å². The van der Waals surface area contributed by atoms with Crippen LogP contribution in [0.3, 0.4) is 0 Å². The number of nitrogens with zero attached hydrogens (tertiary/aromatic N) is 2. The molecule has 0 unspecified atom stereocenters. The zero-order valence-corrected chi connectivity index (χ0v) is 11.1. The predicted octanol–water partition coefficient (Wildman–Crippen LogP) is 1.69. The molecule has 2 heterocycles. The molecule has 5 nitrogen and oxygen atoms in total. The van der Waals surface area contributed by atoms with E-state index in [9.17, 15) is 9.90 Å². The highest BCUT2D eigenvalue weighted by Crippen LogP contribution is 2.18. The second kappa shape index (κ2) is 4.94. The van der Waals surface area contributed by atoms with E-state index >= 15 is 0 Å². The average molecular weight is 269 g/mol. The SMILES string of the molecule is Cc1cc2c(=O)n(CCO)c(-c3ccccc3)nc2[nH]1. The molecule has 0 radical (unpaired) electrons. The minimum atomic E-state index is -0.132. The van der Waals surface area contributed by atoms with E-state index in [2.05, 4.69) is 9.97 Å². The van der Waals surface area contributed by atoms with E-state index in [-0.39, 0.29) is 18.7 Å². The summed E-state index contributed by atoms with van der Waals surface area (Å²) in [6, 6.07) is 11.3. The van der Waals surface area contributed by atoms with Gasteiger partial charge in [0.15, 0.2) is 0 Å². The molecule has 0 bridgehead atoms. The Morgan fingerprint density at radius 1 is 1.30 bits per heavy atom. The number of benzene rings is 1. The summed E-state index contributed by atoms with van der Waals surface area (Å²) in [4.78, 5) is 20.2. The molecule has 3 rings (SSSR count). The smallest absolute Gasteiger partial charge is 0.263 e. The third-order valence-electron chi connectivity index (χ3n) is 3.24. The van der Waals surface area contributed by atoms with Crippen molar-refractivity contribution in [2.45, 2.75) is 13.5 Å². The lowest BCUT2D eigenvalue weighted by Crippen LogP contribution is -2.24. The minimum Gasteiger partial charge on any atom is -0.395 e. The molecule has 20 heavy (non-hydrogen) atoms. The van der Waals surface area contributed by atoms with Crippen LogP contribution in [0.25, 0.3) is 22.4 Å². The molecule has 0 saturated heterocycles. The summed E-state index contributed by atoms with van der Waals surface area (Å²) in [6.07, 6.45) is 0. The third kappa shape index (κ3) is 2.02. The van der Waals surface area contributed by atoms with E-state index in [0.29, 0.717) is 16.9 Å². The van der Waals surface area contributed by atoms with E-state index in [0.717, 1.165) is 11.3 Å². The Kier molecular flexibility index (Phi) is 3.12. The van der Waals surface area contributed by atoms with E-state index in [1.54, 1.807) is 6.07 Å². The molecule has 0 amide bonds. The van der Waals surface area contributed by atoms with E-state index in [1.807, 2.05) is 37.3 Å². The van der Waals surface area contributed by atoms with E-state index < -0.39 is 0 Å². The monoisotopic (exact) mass is 269 g/mol. The number of H-pyrrole nitrogens is 1. The zero-order valence-electron chi connectivity index (χ0n) is 11.1. The lowest BCUT2D eigenvalue weighted by Gasteiger charge is -2.11. The first kappa shape index (κ1) is 12.6. The number of hydrogen-bond donors (Lipinski definition) is 2. The second-order valence-electron chi connectivity index (χ2n) is 4.70. The molecule has 0 atom stereocenters. The maximum atomic E-state index is 12.5. The maximum absolute atomic E-state index is 12.5. The van der Waals surface area contributed by atoms with Crippen molar-refractivity contribution in [1.82, 2.24) is 14.5 Å². The van der Waals surface area contributed by atoms with E-state index in [4.69, 9.17) is 0 Å². The van der Waals surface area contributed by atoms with Gasteiger partial charge in [-0.1, -0.05) is 30.3 Å². The summed E-state index contributed by atoms with van der Waals surface area (Å²) in [7, 11) is 0. The molecule has 1 aromatic carbocycles. The minimum absolute atomic E-state index is 0.101. The van der Waals surface area contributed by atoms with Gasteiger partial charge in [-0.2, -0.15) is 0 Å². The van der Waals surface area contributed by atoms with Crippen LogP contribution in [0.15, 0.2) is 41.2 Å². The molecular formula is C15H15N3O2. The standard InChI is InChI=1S/C15H15N3O2/c1-10-9-12-13(16-10)17-14(11-5-3-2-4-6-11)18(7-8-19)15(12)20/h2-6,9,16,19H,7-8H2,1H3. The maximum Gasteiger partial charge on any atom is 0.263 e.